The van der Waals surface area contributed by atoms with E-state index < -0.39 is 28.3 Å². The second-order valence-electron chi connectivity index (χ2n) is 6.70. The van der Waals surface area contributed by atoms with E-state index in [0.29, 0.717) is 24.2 Å². The lowest BCUT2D eigenvalue weighted by molar-refractivity contribution is -0.155. The highest BCUT2D eigenvalue weighted by Crippen LogP contribution is 2.21. The van der Waals surface area contributed by atoms with Crippen LogP contribution in [0.4, 0.5) is 0 Å². The van der Waals surface area contributed by atoms with Crippen LogP contribution in [0.5, 0.6) is 5.75 Å². The van der Waals surface area contributed by atoms with Crippen LogP contribution in [0.2, 0.25) is 0 Å². The summed E-state index contributed by atoms with van der Waals surface area (Å²) in [7, 11) is -3.13. The van der Waals surface area contributed by atoms with E-state index in [-0.39, 0.29) is 30.2 Å². The highest BCUT2D eigenvalue weighted by Gasteiger charge is 2.36. The Balaban J connectivity index is 1.87. The summed E-state index contributed by atoms with van der Waals surface area (Å²) in [5.74, 6) is -0.710. The Morgan fingerprint density at radius 3 is 2.50 bits per heavy atom. The number of hydrogen-bond donors (Lipinski definition) is 0. The van der Waals surface area contributed by atoms with Gasteiger partial charge in [0.15, 0.2) is 23.1 Å². The van der Waals surface area contributed by atoms with Crippen molar-refractivity contribution in [2.45, 2.75) is 38.8 Å². The molecule has 0 bridgehead atoms. The lowest BCUT2D eigenvalue weighted by Crippen LogP contribution is -2.48. The van der Waals surface area contributed by atoms with E-state index in [4.69, 9.17) is 14.7 Å². The van der Waals surface area contributed by atoms with Crippen LogP contribution in [0.3, 0.4) is 0 Å². The molecular formula is C19H24N2O6S. The highest BCUT2D eigenvalue weighted by atomic mass is 32.2. The molecule has 0 N–H and O–H groups in total. The number of benzene rings is 1. The number of amides is 1. The molecule has 2 rings (SSSR count). The number of carbonyl (C=O) groups excluding carboxylic acids is 2. The Bertz CT molecular complexity index is 844. The average molecular weight is 408 g/mol. The third-order valence-electron chi connectivity index (χ3n) is 4.65. The second-order valence-corrected chi connectivity index (χ2v) is 8.93. The van der Waals surface area contributed by atoms with E-state index in [1.165, 1.54) is 4.90 Å². The van der Waals surface area contributed by atoms with Gasteiger partial charge in [0, 0.05) is 12.1 Å². The summed E-state index contributed by atoms with van der Waals surface area (Å²) in [6, 6.07) is 7.67. The van der Waals surface area contributed by atoms with Gasteiger partial charge in [0.25, 0.3) is 5.91 Å². The minimum absolute atomic E-state index is 0.0567. The molecule has 1 fully saturated rings. The summed E-state index contributed by atoms with van der Waals surface area (Å²) < 4.78 is 33.8. The molecule has 0 radical (unpaired) electrons. The predicted molar refractivity (Wildman–Crippen MR) is 101 cm³/mol. The summed E-state index contributed by atoms with van der Waals surface area (Å²) >= 11 is 0. The molecular weight excluding hydrogens is 384 g/mol. The number of nitrogens with zero attached hydrogens (tertiary/aromatic N) is 2. The third-order valence-corrected chi connectivity index (χ3v) is 6.40. The lowest BCUT2D eigenvalue weighted by Gasteiger charge is -2.33. The minimum atomic E-state index is -3.13. The second kappa shape index (κ2) is 9.55. The molecule has 0 saturated carbocycles. The van der Waals surface area contributed by atoms with Gasteiger partial charge in [-0.3, -0.25) is 4.79 Å². The molecule has 1 aromatic rings. The highest BCUT2D eigenvalue weighted by molar-refractivity contribution is 7.91. The molecule has 1 aliphatic heterocycles. The summed E-state index contributed by atoms with van der Waals surface area (Å²) in [5, 5.41) is 8.74. The van der Waals surface area contributed by atoms with Crippen molar-refractivity contribution >= 4 is 21.7 Å². The van der Waals surface area contributed by atoms with Crippen LogP contribution < -0.4 is 4.74 Å². The molecule has 1 heterocycles. The number of hydrogen-bond acceptors (Lipinski definition) is 7. The van der Waals surface area contributed by atoms with Crippen LogP contribution in [-0.4, -0.2) is 62.0 Å². The molecule has 1 aliphatic rings. The van der Waals surface area contributed by atoms with Crippen LogP contribution in [0.1, 0.15) is 32.3 Å². The standard InChI is InChI=1S/C19H24N2O6S/c1-3-14(2)21(16-8-9-28(24,25)13-16)18(22)11-27-19(23)12-26-17-6-4-15(10-20)5-7-17/h4-7,14,16H,3,8-9,11-13H2,1-2H3/t14-,16+/m1/s1. The Hall–Kier alpha value is -2.60. The van der Waals surface area contributed by atoms with Gasteiger partial charge >= 0.3 is 5.97 Å². The van der Waals surface area contributed by atoms with Crippen molar-refractivity contribution in [3.05, 3.63) is 29.8 Å². The quantitative estimate of drug-likeness (QED) is 0.596. The zero-order valence-electron chi connectivity index (χ0n) is 16.0. The van der Waals surface area contributed by atoms with Crippen molar-refractivity contribution in [1.29, 1.82) is 5.26 Å². The first-order chi connectivity index (χ1) is 13.3. The minimum Gasteiger partial charge on any atom is -0.482 e. The normalized spacial score (nSPS) is 18.7. The molecule has 9 heteroatoms. The molecule has 0 unspecified atom stereocenters. The van der Waals surface area contributed by atoms with E-state index in [1.54, 1.807) is 24.3 Å². The number of rotatable bonds is 8. The number of esters is 1. The molecule has 8 nitrogen and oxygen atoms in total. The van der Waals surface area contributed by atoms with Gasteiger partial charge in [-0.1, -0.05) is 6.92 Å². The fourth-order valence-corrected chi connectivity index (χ4v) is 4.74. The van der Waals surface area contributed by atoms with Gasteiger partial charge in [0.2, 0.25) is 0 Å². The van der Waals surface area contributed by atoms with Crippen molar-refractivity contribution in [1.82, 2.24) is 4.90 Å². The van der Waals surface area contributed by atoms with Crippen molar-refractivity contribution in [2.24, 2.45) is 0 Å². The third kappa shape index (κ3) is 5.96. The summed E-state index contributed by atoms with van der Waals surface area (Å²) in [6.07, 6.45) is 1.06. The maximum Gasteiger partial charge on any atom is 0.344 e. The number of sulfone groups is 1. The van der Waals surface area contributed by atoms with Crippen LogP contribution in [0.25, 0.3) is 0 Å². The summed E-state index contributed by atoms with van der Waals surface area (Å²) in [6.45, 7) is 2.92. The Labute approximate surface area is 164 Å². The molecule has 1 aromatic carbocycles. The number of ether oxygens (including phenoxy) is 2. The molecule has 1 amide bonds. The smallest absolute Gasteiger partial charge is 0.344 e. The topological polar surface area (TPSA) is 114 Å². The van der Waals surface area contributed by atoms with Crippen molar-refractivity contribution in [3.8, 4) is 11.8 Å². The fraction of sp³-hybridized carbons (Fsp3) is 0.526. The van der Waals surface area contributed by atoms with E-state index in [2.05, 4.69) is 0 Å². The Kier molecular flexibility index (Phi) is 7.40. The van der Waals surface area contributed by atoms with Crippen molar-refractivity contribution in [2.75, 3.05) is 24.7 Å². The van der Waals surface area contributed by atoms with Gasteiger partial charge in [-0.25, -0.2) is 13.2 Å². The van der Waals surface area contributed by atoms with Crippen molar-refractivity contribution in [3.63, 3.8) is 0 Å². The van der Waals surface area contributed by atoms with Gasteiger partial charge in [-0.05, 0) is 44.0 Å². The van der Waals surface area contributed by atoms with Gasteiger partial charge in [0.1, 0.15) is 5.75 Å². The molecule has 152 valence electrons. The van der Waals surface area contributed by atoms with Gasteiger partial charge in [0.05, 0.1) is 23.1 Å². The van der Waals surface area contributed by atoms with Gasteiger partial charge in [-0.15, -0.1) is 0 Å². The summed E-state index contributed by atoms with van der Waals surface area (Å²) in [4.78, 5) is 26.0. The number of nitriles is 1. The Morgan fingerprint density at radius 1 is 1.29 bits per heavy atom. The van der Waals surface area contributed by atoms with Crippen LogP contribution in [0.15, 0.2) is 24.3 Å². The van der Waals surface area contributed by atoms with Crippen LogP contribution in [0, 0.1) is 11.3 Å². The summed E-state index contributed by atoms with van der Waals surface area (Å²) in [5.41, 5.74) is 0.472. The first-order valence-electron chi connectivity index (χ1n) is 9.06. The Morgan fingerprint density at radius 2 is 1.96 bits per heavy atom. The molecule has 0 aliphatic carbocycles. The SMILES string of the molecule is CC[C@@H](C)N(C(=O)COC(=O)COc1ccc(C#N)cc1)[C@H]1CCS(=O)(=O)C1. The average Bonchev–Trinajstić information content (AvgIpc) is 3.04. The molecule has 0 spiro atoms. The monoisotopic (exact) mass is 408 g/mol. The first-order valence-corrected chi connectivity index (χ1v) is 10.9. The first kappa shape index (κ1) is 21.7. The maximum absolute atomic E-state index is 12.6. The van der Waals surface area contributed by atoms with Crippen LogP contribution >= 0.6 is 0 Å². The largest absolute Gasteiger partial charge is 0.482 e. The van der Waals surface area contributed by atoms with E-state index in [0.717, 1.165) is 0 Å². The molecule has 1 saturated heterocycles. The molecule has 0 aromatic heterocycles. The predicted octanol–water partition coefficient (Wildman–Crippen LogP) is 1.29. The van der Waals surface area contributed by atoms with Gasteiger partial charge < -0.3 is 14.4 Å². The maximum atomic E-state index is 12.6. The van der Waals surface area contributed by atoms with E-state index in [1.807, 2.05) is 19.9 Å². The fourth-order valence-electron chi connectivity index (χ4n) is 3.03. The van der Waals surface area contributed by atoms with E-state index >= 15 is 0 Å². The molecule has 2 atom stereocenters. The molecule has 28 heavy (non-hydrogen) atoms. The van der Waals surface area contributed by atoms with Crippen molar-refractivity contribution < 1.29 is 27.5 Å². The van der Waals surface area contributed by atoms with E-state index in [9.17, 15) is 18.0 Å². The van der Waals surface area contributed by atoms with Gasteiger partial charge in [-0.2, -0.15) is 5.26 Å². The van der Waals surface area contributed by atoms with Crippen LogP contribution in [-0.2, 0) is 24.2 Å². The zero-order valence-corrected chi connectivity index (χ0v) is 16.8. The lowest BCUT2D eigenvalue weighted by atomic mass is 10.1. The zero-order chi connectivity index (χ0) is 20.7. The number of carbonyl (C=O) groups is 2.